The van der Waals surface area contributed by atoms with Crippen LogP contribution in [0.4, 0.5) is 5.69 Å². The fourth-order valence-electron chi connectivity index (χ4n) is 2.09. The monoisotopic (exact) mass is 324 g/mol. The summed E-state index contributed by atoms with van der Waals surface area (Å²) in [5.41, 5.74) is 3.85. The Balaban J connectivity index is 1.82. The lowest BCUT2D eigenvalue weighted by Crippen LogP contribution is -2.11. The Bertz CT molecular complexity index is 842. The molecule has 114 valence electrons. The number of anilines is 1. The van der Waals surface area contributed by atoms with E-state index < -0.39 is 5.97 Å². The predicted octanol–water partition coefficient (Wildman–Crippen LogP) is 3.76. The minimum atomic E-state index is -1.00. The Morgan fingerprint density at radius 3 is 2.35 bits per heavy atom. The first-order valence-corrected chi connectivity index (χ1v) is 7.67. The molecule has 0 saturated heterocycles. The van der Waals surface area contributed by atoms with Gasteiger partial charge >= 0.3 is 5.97 Å². The van der Waals surface area contributed by atoms with Crippen LogP contribution < -0.4 is 5.32 Å². The number of carboxylic acid groups (broad SMARTS) is 1. The summed E-state index contributed by atoms with van der Waals surface area (Å²) in [4.78, 5) is 28.0. The van der Waals surface area contributed by atoms with Gasteiger partial charge < -0.3 is 10.4 Å². The number of hydrogen-bond donors (Lipinski definition) is 2. The van der Waals surface area contributed by atoms with Crippen molar-refractivity contribution in [3.63, 3.8) is 0 Å². The van der Waals surface area contributed by atoms with E-state index in [0.29, 0.717) is 16.3 Å². The van der Waals surface area contributed by atoms with Crippen LogP contribution >= 0.6 is 11.3 Å². The van der Waals surface area contributed by atoms with Gasteiger partial charge in [0.05, 0.1) is 16.8 Å². The molecule has 0 bridgehead atoms. The number of hydrogen-bond acceptors (Lipinski definition) is 4. The average molecular weight is 324 g/mol. The van der Waals surface area contributed by atoms with Crippen LogP contribution in [0.3, 0.4) is 0 Å². The number of benzene rings is 2. The standard InChI is InChI=1S/C17H12N2O3S/c20-16(19-13-8-6-12(7-9-13)17(21)22)15-14(18-10-23-15)11-4-2-1-3-5-11/h1-10H,(H,19,20)(H,21,22). The zero-order valence-electron chi connectivity index (χ0n) is 11.9. The van der Waals surface area contributed by atoms with Crippen molar-refractivity contribution >= 4 is 28.9 Å². The number of aromatic carboxylic acids is 1. The molecule has 0 aliphatic heterocycles. The van der Waals surface area contributed by atoms with Gasteiger partial charge in [-0.2, -0.15) is 0 Å². The summed E-state index contributed by atoms with van der Waals surface area (Å²) in [5.74, 6) is -1.27. The summed E-state index contributed by atoms with van der Waals surface area (Å²) >= 11 is 1.26. The molecule has 0 saturated carbocycles. The molecule has 0 aliphatic rings. The number of amides is 1. The largest absolute Gasteiger partial charge is 0.478 e. The van der Waals surface area contributed by atoms with Crippen molar-refractivity contribution in [1.82, 2.24) is 4.98 Å². The van der Waals surface area contributed by atoms with E-state index in [4.69, 9.17) is 5.11 Å². The van der Waals surface area contributed by atoms with E-state index in [1.165, 1.54) is 23.5 Å². The molecule has 0 spiro atoms. The summed E-state index contributed by atoms with van der Waals surface area (Å²) in [6, 6.07) is 15.5. The maximum Gasteiger partial charge on any atom is 0.335 e. The summed E-state index contributed by atoms with van der Waals surface area (Å²) in [6.45, 7) is 0. The average Bonchev–Trinajstić information content (AvgIpc) is 3.06. The Kier molecular flexibility index (Phi) is 4.16. The highest BCUT2D eigenvalue weighted by atomic mass is 32.1. The molecule has 0 fully saturated rings. The maximum absolute atomic E-state index is 12.4. The fourth-order valence-corrected chi connectivity index (χ4v) is 2.80. The predicted molar refractivity (Wildman–Crippen MR) is 88.9 cm³/mol. The number of nitrogens with zero attached hydrogens (tertiary/aromatic N) is 1. The highest BCUT2D eigenvalue weighted by molar-refractivity contribution is 7.12. The molecule has 2 N–H and O–H groups in total. The van der Waals surface area contributed by atoms with Crippen molar-refractivity contribution in [2.45, 2.75) is 0 Å². The van der Waals surface area contributed by atoms with E-state index in [1.807, 2.05) is 30.3 Å². The van der Waals surface area contributed by atoms with Crippen molar-refractivity contribution < 1.29 is 14.7 Å². The van der Waals surface area contributed by atoms with Crippen LogP contribution in [0.5, 0.6) is 0 Å². The molecular formula is C17H12N2O3S. The van der Waals surface area contributed by atoms with Gasteiger partial charge in [-0.15, -0.1) is 11.3 Å². The molecule has 1 amide bonds. The first-order chi connectivity index (χ1) is 11.1. The zero-order valence-corrected chi connectivity index (χ0v) is 12.7. The molecule has 1 aromatic heterocycles. The topological polar surface area (TPSA) is 79.3 Å². The molecule has 5 nitrogen and oxygen atoms in total. The Morgan fingerprint density at radius 2 is 1.70 bits per heavy atom. The Morgan fingerprint density at radius 1 is 1.00 bits per heavy atom. The van der Waals surface area contributed by atoms with E-state index >= 15 is 0 Å². The second-order valence-corrected chi connectivity index (χ2v) is 5.59. The first kappa shape index (κ1) is 14.9. The molecule has 0 radical (unpaired) electrons. The number of aromatic nitrogens is 1. The van der Waals surface area contributed by atoms with Gasteiger partial charge in [-0.1, -0.05) is 30.3 Å². The number of rotatable bonds is 4. The van der Waals surface area contributed by atoms with Gasteiger partial charge in [0.25, 0.3) is 5.91 Å². The summed E-state index contributed by atoms with van der Waals surface area (Å²) in [7, 11) is 0. The van der Waals surface area contributed by atoms with Crippen molar-refractivity contribution in [3.8, 4) is 11.3 Å². The molecule has 0 atom stereocenters. The lowest BCUT2D eigenvalue weighted by Gasteiger charge is -2.06. The summed E-state index contributed by atoms with van der Waals surface area (Å²) in [6.07, 6.45) is 0. The molecule has 2 aromatic carbocycles. The van der Waals surface area contributed by atoms with Crippen molar-refractivity contribution in [2.75, 3.05) is 5.32 Å². The van der Waals surface area contributed by atoms with Gasteiger partial charge in [0.15, 0.2) is 0 Å². The molecular weight excluding hydrogens is 312 g/mol. The number of carboxylic acids is 1. The van der Waals surface area contributed by atoms with Crippen molar-refractivity contribution in [2.24, 2.45) is 0 Å². The van der Waals surface area contributed by atoms with Gasteiger partial charge in [0.2, 0.25) is 0 Å². The van der Waals surface area contributed by atoms with Gasteiger partial charge in [-0.3, -0.25) is 4.79 Å². The smallest absolute Gasteiger partial charge is 0.335 e. The quantitative estimate of drug-likeness (QED) is 0.766. The second-order valence-electron chi connectivity index (χ2n) is 4.73. The lowest BCUT2D eigenvalue weighted by molar-refractivity contribution is 0.0696. The van der Waals surface area contributed by atoms with E-state index in [9.17, 15) is 9.59 Å². The van der Waals surface area contributed by atoms with Gasteiger partial charge in [0.1, 0.15) is 4.88 Å². The van der Waals surface area contributed by atoms with Gasteiger partial charge in [0, 0.05) is 11.3 Å². The minimum Gasteiger partial charge on any atom is -0.478 e. The van der Waals surface area contributed by atoms with Gasteiger partial charge in [-0.05, 0) is 24.3 Å². The molecule has 0 aliphatic carbocycles. The van der Waals surface area contributed by atoms with Crippen LogP contribution in [0.1, 0.15) is 20.0 Å². The van der Waals surface area contributed by atoms with E-state index in [0.717, 1.165) is 5.56 Å². The number of nitrogens with one attached hydrogen (secondary N) is 1. The van der Waals surface area contributed by atoms with E-state index in [2.05, 4.69) is 10.3 Å². The molecule has 6 heteroatoms. The summed E-state index contributed by atoms with van der Waals surface area (Å²) in [5, 5.41) is 11.6. The third kappa shape index (κ3) is 3.27. The molecule has 3 aromatic rings. The number of carbonyl (C=O) groups excluding carboxylic acids is 1. The maximum atomic E-state index is 12.4. The highest BCUT2D eigenvalue weighted by Crippen LogP contribution is 2.26. The third-order valence-electron chi connectivity index (χ3n) is 3.21. The van der Waals surface area contributed by atoms with Gasteiger partial charge in [-0.25, -0.2) is 9.78 Å². The fraction of sp³-hybridized carbons (Fsp3) is 0. The number of thiazole rings is 1. The molecule has 0 unspecified atom stereocenters. The Hall–Kier alpha value is -2.99. The van der Waals surface area contributed by atoms with E-state index in [1.54, 1.807) is 17.6 Å². The van der Waals surface area contributed by atoms with E-state index in [-0.39, 0.29) is 11.5 Å². The van der Waals surface area contributed by atoms with Crippen LogP contribution in [0.2, 0.25) is 0 Å². The Labute approximate surface area is 136 Å². The number of carbonyl (C=O) groups is 2. The SMILES string of the molecule is O=C(O)c1ccc(NC(=O)c2scnc2-c2ccccc2)cc1. The molecule has 3 rings (SSSR count). The highest BCUT2D eigenvalue weighted by Gasteiger charge is 2.16. The molecule has 23 heavy (non-hydrogen) atoms. The van der Waals surface area contributed by atoms with Crippen LogP contribution in [-0.4, -0.2) is 22.0 Å². The first-order valence-electron chi connectivity index (χ1n) is 6.79. The lowest BCUT2D eigenvalue weighted by atomic mass is 10.1. The normalized spacial score (nSPS) is 10.3. The van der Waals surface area contributed by atoms with Crippen molar-refractivity contribution in [3.05, 3.63) is 70.5 Å². The van der Waals surface area contributed by atoms with Crippen LogP contribution in [0, 0.1) is 0 Å². The third-order valence-corrected chi connectivity index (χ3v) is 4.04. The summed E-state index contributed by atoms with van der Waals surface area (Å²) < 4.78 is 0. The minimum absolute atomic E-state index is 0.172. The van der Waals surface area contributed by atoms with Crippen molar-refractivity contribution in [1.29, 1.82) is 0 Å². The zero-order chi connectivity index (χ0) is 16.2. The molecule has 1 heterocycles. The second kappa shape index (κ2) is 6.41. The van der Waals surface area contributed by atoms with Crippen LogP contribution in [0.15, 0.2) is 60.1 Å². The van der Waals surface area contributed by atoms with Crippen LogP contribution in [0.25, 0.3) is 11.3 Å². The van der Waals surface area contributed by atoms with Crippen LogP contribution in [-0.2, 0) is 0 Å².